The van der Waals surface area contributed by atoms with Crippen LogP contribution in [-0.2, 0) is 0 Å². The molecule has 0 atom stereocenters. The first-order valence-electron chi connectivity index (χ1n) is 4.05. The highest BCUT2D eigenvalue weighted by atomic mass is 16.3. The molecule has 66 valence electrons. The highest BCUT2D eigenvalue weighted by molar-refractivity contribution is 5.47. The van der Waals surface area contributed by atoms with E-state index in [0.29, 0.717) is 5.56 Å². The molecule has 12 heavy (non-hydrogen) atoms. The van der Waals surface area contributed by atoms with Gasteiger partial charge in [-0.1, -0.05) is 13.8 Å². The maximum absolute atomic E-state index is 9.48. The predicted octanol–water partition coefficient (Wildman–Crippen LogP) is 2.64. The van der Waals surface area contributed by atoms with Gasteiger partial charge in [0.25, 0.3) is 0 Å². The quantitative estimate of drug-likeness (QED) is 0.675. The zero-order valence-corrected chi connectivity index (χ0v) is 7.63. The molecule has 0 aliphatic carbocycles. The second-order valence-corrected chi connectivity index (χ2v) is 3.37. The highest BCUT2D eigenvalue weighted by Gasteiger charge is 2.11. The summed E-state index contributed by atoms with van der Waals surface area (Å²) < 4.78 is 0. The number of aromatic hydroxyl groups is 2. The molecule has 0 radical (unpaired) electrons. The lowest BCUT2D eigenvalue weighted by Gasteiger charge is -2.10. The van der Waals surface area contributed by atoms with Gasteiger partial charge in [-0.25, -0.2) is 0 Å². The van der Waals surface area contributed by atoms with Crippen LogP contribution in [0.25, 0.3) is 0 Å². The largest absolute Gasteiger partial charge is 1.00 e. The maximum atomic E-state index is 9.48. The molecule has 0 fully saturated rings. The number of phenolic OH excluding ortho intramolecular Hbond substituents is 2. The van der Waals surface area contributed by atoms with Crippen LogP contribution in [0.2, 0.25) is 0 Å². The van der Waals surface area contributed by atoms with E-state index in [1.54, 1.807) is 12.1 Å². The summed E-state index contributed by atoms with van der Waals surface area (Å²) >= 11 is 0. The Balaban J connectivity index is 0.00000144. The van der Waals surface area contributed by atoms with Crippen LogP contribution in [0.4, 0.5) is 0 Å². The van der Waals surface area contributed by atoms with E-state index in [4.69, 9.17) is 0 Å². The van der Waals surface area contributed by atoms with E-state index < -0.39 is 0 Å². The van der Waals surface area contributed by atoms with E-state index in [9.17, 15) is 10.2 Å². The molecule has 0 aliphatic heterocycles. The molecule has 0 aromatic heterocycles. The second kappa shape index (κ2) is 3.05. The summed E-state index contributed by atoms with van der Waals surface area (Å²) in [7, 11) is 0. The molecular formula is C10H15O2+. The Hall–Kier alpha value is -1.18. The fourth-order valence-corrected chi connectivity index (χ4v) is 1.35. The van der Waals surface area contributed by atoms with Gasteiger partial charge < -0.3 is 10.2 Å². The van der Waals surface area contributed by atoms with Crippen LogP contribution < -0.4 is 0 Å². The minimum Gasteiger partial charge on any atom is -0.508 e. The number of rotatable bonds is 1. The first-order chi connectivity index (χ1) is 5.52. The lowest BCUT2D eigenvalue weighted by atomic mass is 9.99. The van der Waals surface area contributed by atoms with E-state index in [1.807, 2.05) is 20.8 Å². The van der Waals surface area contributed by atoms with Crippen LogP contribution in [0.5, 0.6) is 11.5 Å². The van der Waals surface area contributed by atoms with Gasteiger partial charge in [0.05, 0.1) is 0 Å². The number of hydrogen-bond donors (Lipinski definition) is 2. The fourth-order valence-electron chi connectivity index (χ4n) is 1.35. The van der Waals surface area contributed by atoms with Gasteiger partial charge in [-0.05, 0) is 30.5 Å². The summed E-state index contributed by atoms with van der Waals surface area (Å²) in [4.78, 5) is 0. The molecule has 1 rings (SSSR count). The van der Waals surface area contributed by atoms with Crippen molar-refractivity contribution in [2.24, 2.45) is 0 Å². The van der Waals surface area contributed by atoms with E-state index in [-0.39, 0.29) is 18.8 Å². The Morgan fingerprint density at radius 2 is 1.58 bits per heavy atom. The molecule has 2 nitrogen and oxygen atoms in total. The van der Waals surface area contributed by atoms with Crippen molar-refractivity contribution in [1.29, 1.82) is 0 Å². The van der Waals surface area contributed by atoms with Crippen molar-refractivity contribution in [3.8, 4) is 11.5 Å². The third kappa shape index (κ3) is 1.52. The van der Waals surface area contributed by atoms with E-state index in [1.165, 1.54) is 0 Å². The first-order valence-corrected chi connectivity index (χ1v) is 4.05. The van der Waals surface area contributed by atoms with Crippen LogP contribution in [0.1, 0.15) is 32.3 Å². The van der Waals surface area contributed by atoms with Crippen molar-refractivity contribution < 1.29 is 11.6 Å². The highest BCUT2D eigenvalue weighted by Crippen LogP contribution is 2.34. The molecular weight excluding hydrogens is 152 g/mol. The van der Waals surface area contributed by atoms with Crippen LogP contribution in [-0.4, -0.2) is 10.2 Å². The molecule has 2 heteroatoms. The first kappa shape index (κ1) is 8.91. The molecule has 0 saturated carbocycles. The van der Waals surface area contributed by atoms with Gasteiger partial charge in [-0.2, -0.15) is 0 Å². The summed E-state index contributed by atoms with van der Waals surface area (Å²) in [6.45, 7) is 5.71. The molecule has 0 bridgehead atoms. The van der Waals surface area contributed by atoms with E-state index in [2.05, 4.69) is 0 Å². The number of phenols is 2. The molecule has 1 aromatic carbocycles. The third-order valence-electron chi connectivity index (χ3n) is 1.86. The summed E-state index contributed by atoms with van der Waals surface area (Å²) in [6, 6.07) is 3.32. The molecule has 1 aromatic rings. The minimum atomic E-state index is 0. The van der Waals surface area contributed by atoms with Crippen molar-refractivity contribution >= 4 is 0 Å². The van der Waals surface area contributed by atoms with Crippen molar-refractivity contribution in [1.82, 2.24) is 0 Å². The Labute approximate surface area is 74.0 Å². The normalized spacial score (nSPS) is 10.7. The molecule has 0 amide bonds. The maximum Gasteiger partial charge on any atom is 1.00 e. The zero-order valence-electron chi connectivity index (χ0n) is 8.63. The summed E-state index contributed by atoms with van der Waals surface area (Å²) in [5.41, 5.74) is 1.50. The Kier molecular flexibility index (Phi) is 2.27. The van der Waals surface area contributed by atoms with Crippen molar-refractivity contribution in [2.75, 3.05) is 0 Å². The average molecular weight is 167 g/mol. The van der Waals surface area contributed by atoms with Gasteiger partial charge in [0, 0.05) is 5.56 Å². The molecule has 0 heterocycles. The van der Waals surface area contributed by atoms with E-state index in [0.717, 1.165) is 5.56 Å². The average Bonchev–Trinajstić information content (AvgIpc) is 1.82. The predicted molar refractivity (Wildman–Crippen MR) is 49.7 cm³/mol. The van der Waals surface area contributed by atoms with E-state index >= 15 is 0 Å². The molecule has 0 saturated heterocycles. The lowest BCUT2D eigenvalue weighted by Crippen LogP contribution is -1.89. The van der Waals surface area contributed by atoms with Gasteiger partial charge in [0.2, 0.25) is 0 Å². The molecule has 0 aliphatic rings. The Morgan fingerprint density at radius 1 is 1.17 bits per heavy atom. The second-order valence-electron chi connectivity index (χ2n) is 3.37. The van der Waals surface area contributed by atoms with Crippen LogP contribution in [0, 0.1) is 6.92 Å². The standard InChI is InChI=1S/C10H14O2/c1-6(2)10-8(11)4-7(3)5-9(10)12/h4-6,11-12H,1-3H3/p+1. The van der Waals surface area contributed by atoms with Crippen LogP contribution >= 0.6 is 0 Å². The lowest BCUT2D eigenvalue weighted by molar-refractivity contribution is 0.432. The van der Waals surface area contributed by atoms with Gasteiger partial charge in [-0.3, -0.25) is 0 Å². The topological polar surface area (TPSA) is 40.5 Å². The van der Waals surface area contributed by atoms with Gasteiger partial charge in [0.15, 0.2) is 0 Å². The number of hydrogen-bond acceptors (Lipinski definition) is 2. The number of aryl methyl sites for hydroxylation is 1. The van der Waals surface area contributed by atoms with Crippen LogP contribution in [0.15, 0.2) is 12.1 Å². The smallest absolute Gasteiger partial charge is 0.508 e. The van der Waals surface area contributed by atoms with Crippen LogP contribution in [0.3, 0.4) is 0 Å². The summed E-state index contributed by atoms with van der Waals surface area (Å²) in [6.07, 6.45) is 0. The molecule has 0 unspecified atom stereocenters. The zero-order chi connectivity index (χ0) is 9.30. The van der Waals surface area contributed by atoms with Gasteiger partial charge in [-0.15, -0.1) is 0 Å². The monoisotopic (exact) mass is 167 g/mol. The Morgan fingerprint density at radius 3 is 1.92 bits per heavy atom. The third-order valence-corrected chi connectivity index (χ3v) is 1.86. The van der Waals surface area contributed by atoms with Gasteiger partial charge in [0.1, 0.15) is 11.5 Å². The Bertz CT molecular complexity index is 272. The molecule has 0 spiro atoms. The van der Waals surface area contributed by atoms with Crippen molar-refractivity contribution in [3.63, 3.8) is 0 Å². The van der Waals surface area contributed by atoms with Crippen molar-refractivity contribution in [3.05, 3.63) is 23.3 Å². The molecule has 2 N–H and O–H groups in total. The van der Waals surface area contributed by atoms with Gasteiger partial charge >= 0.3 is 1.43 Å². The summed E-state index contributed by atoms with van der Waals surface area (Å²) in [5.74, 6) is 0.510. The van der Waals surface area contributed by atoms with Crippen molar-refractivity contribution in [2.45, 2.75) is 26.7 Å². The summed E-state index contributed by atoms with van der Waals surface area (Å²) in [5, 5.41) is 19.0. The number of benzene rings is 1. The minimum absolute atomic E-state index is 0. The SMILES string of the molecule is Cc1cc(O)c(C(C)C)c(O)c1.[H+]. The fraction of sp³-hybridized carbons (Fsp3) is 0.400.